The van der Waals surface area contributed by atoms with Gasteiger partial charge in [0, 0.05) is 5.69 Å². The zero-order valence-electron chi connectivity index (χ0n) is 9.80. The van der Waals surface area contributed by atoms with Crippen molar-refractivity contribution < 1.29 is 14.6 Å². The van der Waals surface area contributed by atoms with E-state index in [2.05, 4.69) is 10.3 Å². The van der Waals surface area contributed by atoms with Crippen molar-refractivity contribution in [2.45, 2.75) is 18.9 Å². The van der Waals surface area contributed by atoms with Gasteiger partial charge in [0.2, 0.25) is 0 Å². The molecule has 1 heterocycles. The first-order valence-corrected chi connectivity index (χ1v) is 5.68. The van der Waals surface area contributed by atoms with Gasteiger partial charge >= 0.3 is 6.09 Å². The van der Waals surface area contributed by atoms with Crippen molar-refractivity contribution in [1.29, 1.82) is 0 Å². The van der Waals surface area contributed by atoms with Crippen molar-refractivity contribution in [3.05, 3.63) is 29.8 Å². The third-order valence-corrected chi connectivity index (χ3v) is 2.70. The van der Waals surface area contributed by atoms with Crippen LogP contribution in [0.3, 0.4) is 0 Å². The Morgan fingerprint density at radius 3 is 2.78 bits per heavy atom. The molecule has 0 saturated carbocycles. The Bertz CT molecular complexity index is 456. The van der Waals surface area contributed by atoms with Gasteiger partial charge < -0.3 is 15.6 Å². The lowest BCUT2D eigenvalue weighted by atomic mass is 10.1. The van der Waals surface area contributed by atoms with Gasteiger partial charge in [0.05, 0.1) is 6.04 Å². The first kappa shape index (κ1) is 12.2. The van der Waals surface area contributed by atoms with Gasteiger partial charge in [-0.25, -0.2) is 9.79 Å². The Labute approximate surface area is 104 Å². The van der Waals surface area contributed by atoms with Crippen molar-refractivity contribution in [2.24, 2.45) is 10.7 Å². The van der Waals surface area contributed by atoms with E-state index in [1.807, 2.05) is 12.1 Å². The number of carbonyl (C=O) groups is 1. The Morgan fingerprint density at radius 1 is 1.50 bits per heavy atom. The summed E-state index contributed by atoms with van der Waals surface area (Å²) in [4.78, 5) is 14.6. The van der Waals surface area contributed by atoms with E-state index >= 15 is 0 Å². The average molecular weight is 249 g/mol. The average Bonchev–Trinajstić information content (AvgIpc) is 2.74. The van der Waals surface area contributed by atoms with Crippen LogP contribution in [-0.2, 0) is 11.2 Å². The quantitative estimate of drug-likeness (QED) is 0.751. The number of ether oxygens (including phenoxy) is 1. The lowest BCUT2D eigenvalue weighted by molar-refractivity contribution is 0.210. The number of nitrogens with zero attached hydrogens (tertiary/aromatic N) is 1. The molecule has 6 heteroatoms. The Morgan fingerprint density at radius 2 is 2.22 bits per heavy atom. The third-order valence-electron chi connectivity index (χ3n) is 2.70. The fraction of sp³-hybridized carbons (Fsp3) is 0.333. The molecular formula is C12H15N3O3. The van der Waals surface area contributed by atoms with Crippen LogP contribution in [0.1, 0.15) is 12.0 Å². The summed E-state index contributed by atoms with van der Waals surface area (Å²) in [7, 11) is 0. The van der Waals surface area contributed by atoms with Crippen molar-refractivity contribution in [3.63, 3.8) is 0 Å². The van der Waals surface area contributed by atoms with Crippen molar-refractivity contribution >= 4 is 17.8 Å². The number of nitrogens with two attached hydrogens (primary N) is 1. The van der Waals surface area contributed by atoms with Crippen molar-refractivity contribution in [2.75, 3.05) is 11.9 Å². The minimum Gasteiger partial charge on any atom is -0.465 e. The highest BCUT2D eigenvalue weighted by atomic mass is 16.5. The van der Waals surface area contributed by atoms with Gasteiger partial charge in [0.1, 0.15) is 6.61 Å². The molecule has 1 atom stereocenters. The van der Waals surface area contributed by atoms with E-state index in [1.54, 1.807) is 12.1 Å². The summed E-state index contributed by atoms with van der Waals surface area (Å²) in [6, 6.07) is 7.67. The van der Waals surface area contributed by atoms with Crippen LogP contribution in [0, 0.1) is 0 Å². The van der Waals surface area contributed by atoms with Crippen LogP contribution >= 0.6 is 0 Å². The first-order valence-electron chi connectivity index (χ1n) is 5.68. The van der Waals surface area contributed by atoms with Gasteiger partial charge in [-0.05, 0) is 30.5 Å². The van der Waals surface area contributed by atoms with Gasteiger partial charge in [0.25, 0.3) is 6.02 Å². The molecule has 2 rings (SSSR count). The summed E-state index contributed by atoms with van der Waals surface area (Å²) in [6.45, 7) is 0.546. The van der Waals surface area contributed by atoms with E-state index in [0.717, 1.165) is 18.4 Å². The number of anilines is 1. The van der Waals surface area contributed by atoms with Crippen LogP contribution < -0.4 is 11.1 Å². The van der Waals surface area contributed by atoms with Gasteiger partial charge in [-0.3, -0.25) is 5.32 Å². The first-order chi connectivity index (χ1) is 8.63. The standard InChI is InChI=1S/C12H15N3O3/c13-11-14-10(7-18-11)6-3-8-1-4-9(5-2-8)15-12(16)17/h1-2,4-5,10,15H,3,6-7H2,(H2,13,14)(H,16,17)/t10-/m0/s1. The fourth-order valence-corrected chi connectivity index (χ4v) is 1.80. The molecule has 0 radical (unpaired) electrons. The van der Waals surface area contributed by atoms with E-state index < -0.39 is 6.09 Å². The smallest absolute Gasteiger partial charge is 0.409 e. The molecule has 0 bridgehead atoms. The highest BCUT2D eigenvalue weighted by molar-refractivity contribution is 5.82. The largest absolute Gasteiger partial charge is 0.465 e. The minimum absolute atomic E-state index is 0.127. The van der Waals surface area contributed by atoms with E-state index in [4.69, 9.17) is 15.6 Å². The number of amides is 1. The van der Waals surface area contributed by atoms with Crippen LogP contribution in [0.2, 0.25) is 0 Å². The Hall–Kier alpha value is -2.24. The lowest BCUT2D eigenvalue weighted by Crippen LogP contribution is -2.10. The van der Waals surface area contributed by atoms with Crippen LogP contribution in [0.15, 0.2) is 29.3 Å². The van der Waals surface area contributed by atoms with E-state index in [0.29, 0.717) is 12.3 Å². The molecule has 1 aromatic carbocycles. The number of hydrogen-bond donors (Lipinski definition) is 3. The topological polar surface area (TPSA) is 96.9 Å². The second-order valence-electron chi connectivity index (χ2n) is 4.10. The molecule has 1 aliphatic heterocycles. The molecule has 4 N–H and O–H groups in total. The second-order valence-corrected chi connectivity index (χ2v) is 4.10. The monoisotopic (exact) mass is 249 g/mol. The van der Waals surface area contributed by atoms with Gasteiger partial charge in [-0.15, -0.1) is 0 Å². The predicted octanol–water partition coefficient (Wildman–Crippen LogP) is 1.42. The number of hydrogen-bond acceptors (Lipinski definition) is 4. The zero-order valence-corrected chi connectivity index (χ0v) is 9.80. The Kier molecular flexibility index (Phi) is 3.66. The van der Waals surface area contributed by atoms with Crippen molar-refractivity contribution in [1.82, 2.24) is 0 Å². The number of aryl methyl sites for hydroxylation is 1. The summed E-state index contributed by atoms with van der Waals surface area (Å²) in [5.74, 6) is 0. The number of nitrogens with one attached hydrogen (secondary N) is 1. The van der Waals surface area contributed by atoms with E-state index in [1.165, 1.54) is 0 Å². The predicted molar refractivity (Wildman–Crippen MR) is 67.8 cm³/mol. The number of rotatable bonds is 4. The molecule has 0 saturated heterocycles. The number of carboxylic acid groups (broad SMARTS) is 1. The maximum absolute atomic E-state index is 10.4. The molecule has 0 spiro atoms. The van der Waals surface area contributed by atoms with Gasteiger partial charge in [-0.2, -0.15) is 0 Å². The molecule has 0 aliphatic carbocycles. The lowest BCUT2D eigenvalue weighted by Gasteiger charge is -2.06. The zero-order chi connectivity index (χ0) is 13.0. The van der Waals surface area contributed by atoms with Gasteiger partial charge in [0.15, 0.2) is 0 Å². The molecule has 0 aromatic heterocycles. The highest BCUT2D eigenvalue weighted by Gasteiger charge is 2.15. The highest BCUT2D eigenvalue weighted by Crippen LogP contribution is 2.14. The maximum atomic E-state index is 10.4. The van der Waals surface area contributed by atoms with Crippen molar-refractivity contribution in [3.8, 4) is 0 Å². The summed E-state index contributed by atoms with van der Waals surface area (Å²) in [5.41, 5.74) is 7.12. The van der Waals surface area contributed by atoms with E-state index in [-0.39, 0.29) is 12.1 Å². The SMILES string of the molecule is NC1=N[C@@H](CCc2ccc(NC(=O)O)cc2)CO1. The Balaban J connectivity index is 1.85. The molecule has 1 aromatic rings. The third kappa shape index (κ3) is 3.38. The van der Waals surface area contributed by atoms with Gasteiger partial charge in [-0.1, -0.05) is 12.1 Å². The van der Waals surface area contributed by atoms with Crippen LogP contribution in [-0.4, -0.2) is 29.9 Å². The summed E-state index contributed by atoms with van der Waals surface area (Å²) in [5, 5.41) is 10.8. The second kappa shape index (κ2) is 5.39. The van der Waals surface area contributed by atoms with Crippen LogP contribution in [0.4, 0.5) is 10.5 Å². The molecular weight excluding hydrogens is 234 g/mol. The molecule has 0 unspecified atom stereocenters. The molecule has 18 heavy (non-hydrogen) atoms. The number of aliphatic imine (C=N–C) groups is 1. The maximum Gasteiger partial charge on any atom is 0.409 e. The molecule has 96 valence electrons. The molecule has 6 nitrogen and oxygen atoms in total. The number of amidine groups is 1. The summed E-state index contributed by atoms with van der Waals surface area (Å²) < 4.78 is 5.07. The molecule has 1 amide bonds. The molecule has 1 aliphatic rings. The minimum atomic E-state index is -1.06. The molecule has 0 fully saturated rings. The van der Waals surface area contributed by atoms with E-state index in [9.17, 15) is 4.79 Å². The summed E-state index contributed by atoms with van der Waals surface area (Å²) in [6.07, 6.45) is 0.667. The normalized spacial score (nSPS) is 18.0. The fourth-order valence-electron chi connectivity index (χ4n) is 1.80. The van der Waals surface area contributed by atoms with Crippen LogP contribution in [0.5, 0.6) is 0 Å². The van der Waals surface area contributed by atoms with Crippen LogP contribution in [0.25, 0.3) is 0 Å². The summed E-state index contributed by atoms with van der Waals surface area (Å²) >= 11 is 0. The number of benzene rings is 1.